The van der Waals surface area contributed by atoms with E-state index in [-0.39, 0.29) is 0 Å². The summed E-state index contributed by atoms with van der Waals surface area (Å²) < 4.78 is 11.0. The Morgan fingerprint density at radius 1 is 0.952 bits per heavy atom. The molecule has 3 nitrogen and oxygen atoms in total. The van der Waals surface area contributed by atoms with E-state index in [1.54, 1.807) is 7.05 Å². The molecule has 5 heteroatoms. The van der Waals surface area contributed by atoms with Gasteiger partial charge in [0.25, 0.3) is 0 Å². The highest BCUT2D eigenvalue weighted by Crippen LogP contribution is 2.37. The second-order valence-corrected chi connectivity index (χ2v) is 5.36. The van der Waals surface area contributed by atoms with Crippen LogP contribution in [0.2, 0.25) is 10.0 Å². The molecule has 0 spiro atoms. The van der Waals surface area contributed by atoms with Crippen molar-refractivity contribution in [1.82, 2.24) is 5.32 Å². The third kappa shape index (κ3) is 2.48. The largest absolute Gasteiger partial charge is 0.441 e. The Morgan fingerprint density at radius 3 is 2.29 bits per heavy atom. The Kier molecular flexibility index (Phi) is 3.81. The van der Waals surface area contributed by atoms with E-state index < -0.39 is 5.91 Å². The third-order valence-corrected chi connectivity index (χ3v) is 4.00. The molecule has 0 radical (unpaired) electrons. The van der Waals surface area contributed by atoms with Crippen molar-refractivity contribution in [2.75, 3.05) is 7.05 Å². The van der Waals surface area contributed by atoms with Gasteiger partial charge in [-0.25, -0.2) is 5.32 Å². The van der Waals surface area contributed by atoms with Gasteiger partial charge in [0.05, 0.1) is 10.6 Å². The normalized spacial score (nSPS) is 15.6. The maximum absolute atomic E-state index is 6.41. The summed E-state index contributed by atoms with van der Waals surface area (Å²) in [5.74, 6) is -1.07. The summed E-state index contributed by atoms with van der Waals surface area (Å²) in [6, 6.07) is 13.3. The minimum atomic E-state index is -1.07. The van der Waals surface area contributed by atoms with E-state index in [1.807, 2.05) is 42.5 Å². The van der Waals surface area contributed by atoms with Crippen molar-refractivity contribution in [2.24, 2.45) is 0 Å². The lowest BCUT2D eigenvalue weighted by atomic mass is 10.0. The molecule has 0 aliphatic carbocycles. The lowest BCUT2D eigenvalue weighted by Crippen LogP contribution is -2.41. The van der Waals surface area contributed by atoms with Crippen LogP contribution in [0.3, 0.4) is 0 Å². The van der Waals surface area contributed by atoms with Gasteiger partial charge in [0.1, 0.15) is 12.5 Å². The van der Waals surface area contributed by atoms with Crippen molar-refractivity contribution in [1.29, 1.82) is 0 Å². The molecule has 1 N–H and O–H groups in total. The number of benzene rings is 2. The van der Waals surface area contributed by atoms with E-state index in [2.05, 4.69) is 5.32 Å². The van der Waals surface area contributed by atoms with Gasteiger partial charge in [0.2, 0.25) is 0 Å². The molecule has 1 aliphatic heterocycles. The van der Waals surface area contributed by atoms with Crippen LogP contribution < -0.4 is 5.32 Å². The molecule has 0 fully saturated rings. The SMILES string of the molecule is CNC1(c2ccc(-c3ccccc3Cl)cc2Cl)OC=CO1. The van der Waals surface area contributed by atoms with E-state index in [0.717, 1.165) is 11.1 Å². The topological polar surface area (TPSA) is 30.5 Å². The van der Waals surface area contributed by atoms with Gasteiger partial charge in [-0.1, -0.05) is 47.5 Å². The van der Waals surface area contributed by atoms with Gasteiger partial charge < -0.3 is 9.47 Å². The molecule has 21 heavy (non-hydrogen) atoms. The fourth-order valence-corrected chi connectivity index (χ4v) is 2.85. The second kappa shape index (κ2) is 5.60. The van der Waals surface area contributed by atoms with E-state index in [4.69, 9.17) is 32.7 Å². The third-order valence-electron chi connectivity index (χ3n) is 3.36. The summed E-state index contributed by atoms with van der Waals surface area (Å²) in [6.07, 6.45) is 2.96. The molecule has 108 valence electrons. The van der Waals surface area contributed by atoms with Gasteiger partial charge >= 0.3 is 5.91 Å². The molecule has 2 aromatic carbocycles. The molecule has 0 bridgehead atoms. The molecule has 0 unspecified atom stereocenters. The van der Waals surface area contributed by atoms with Crippen LogP contribution in [0.5, 0.6) is 0 Å². The number of nitrogens with one attached hydrogen (secondary N) is 1. The minimum absolute atomic E-state index is 0.533. The molecule has 0 atom stereocenters. The van der Waals surface area contributed by atoms with Crippen LogP contribution in [-0.4, -0.2) is 7.05 Å². The van der Waals surface area contributed by atoms with Crippen molar-refractivity contribution < 1.29 is 9.47 Å². The summed E-state index contributed by atoms with van der Waals surface area (Å²) in [5, 5.41) is 4.20. The molecule has 3 rings (SSSR count). The zero-order valence-corrected chi connectivity index (χ0v) is 12.8. The molecule has 0 saturated carbocycles. The number of halogens is 2. The van der Waals surface area contributed by atoms with Crippen molar-refractivity contribution >= 4 is 23.2 Å². The average Bonchev–Trinajstić information content (AvgIpc) is 2.97. The van der Waals surface area contributed by atoms with Gasteiger partial charge in [0.15, 0.2) is 0 Å². The fourth-order valence-electron chi connectivity index (χ4n) is 2.30. The Balaban J connectivity index is 2.03. The summed E-state index contributed by atoms with van der Waals surface area (Å²) in [5.41, 5.74) is 2.57. The Bertz CT molecular complexity index is 692. The van der Waals surface area contributed by atoms with Gasteiger partial charge in [-0.15, -0.1) is 0 Å². The second-order valence-electron chi connectivity index (χ2n) is 4.55. The molecule has 0 saturated heterocycles. The first-order valence-electron chi connectivity index (χ1n) is 6.41. The Labute approximate surface area is 133 Å². The van der Waals surface area contributed by atoms with Crippen LogP contribution in [0, 0.1) is 0 Å². The number of ether oxygens (including phenoxy) is 2. The van der Waals surface area contributed by atoms with E-state index in [1.165, 1.54) is 12.5 Å². The van der Waals surface area contributed by atoms with Crippen LogP contribution in [0.1, 0.15) is 5.56 Å². The average molecular weight is 322 g/mol. The van der Waals surface area contributed by atoms with Gasteiger partial charge in [-0.2, -0.15) is 0 Å². The zero-order valence-electron chi connectivity index (χ0n) is 11.3. The molecule has 2 aromatic rings. The lowest BCUT2D eigenvalue weighted by Gasteiger charge is -2.28. The highest BCUT2D eigenvalue weighted by atomic mass is 35.5. The number of hydrogen-bond acceptors (Lipinski definition) is 3. The highest BCUT2D eigenvalue weighted by molar-refractivity contribution is 6.34. The van der Waals surface area contributed by atoms with Gasteiger partial charge in [-0.05, 0) is 30.8 Å². The summed E-state index contributed by atoms with van der Waals surface area (Å²) in [7, 11) is 1.74. The molecule has 0 amide bonds. The first-order valence-corrected chi connectivity index (χ1v) is 7.16. The van der Waals surface area contributed by atoms with Crippen molar-refractivity contribution in [3.63, 3.8) is 0 Å². The van der Waals surface area contributed by atoms with Crippen LogP contribution >= 0.6 is 23.2 Å². The zero-order chi connectivity index (χ0) is 14.9. The standard InChI is InChI=1S/C16H13Cl2NO2/c1-19-16(20-8-9-21-16)13-7-6-11(10-15(13)18)12-4-2-3-5-14(12)17/h2-10,19H,1H3. The fraction of sp³-hybridized carbons (Fsp3) is 0.125. The van der Waals surface area contributed by atoms with Gasteiger partial charge in [0, 0.05) is 10.6 Å². The van der Waals surface area contributed by atoms with Crippen LogP contribution in [0.15, 0.2) is 55.0 Å². The quantitative estimate of drug-likeness (QED) is 0.902. The summed E-state index contributed by atoms with van der Waals surface area (Å²) in [6.45, 7) is 0. The smallest absolute Gasteiger partial charge is 0.342 e. The predicted molar refractivity (Wildman–Crippen MR) is 83.9 cm³/mol. The Hall–Kier alpha value is -1.68. The number of hydrogen-bond donors (Lipinski definition) is 1. The molecule has 1 aliphatic rings. The molecular formula is C16H13Cl2NO2. The van der Waals surface area contributed by atoms with Crippen LogP contribution in [0.4, 0.5) is 0 Å². The predicted octanol–water partition coefficient (Wildman–Crippen LogP) is 4.51. The van der Waals surface area contributed by atoms with Crippen LogP contribution in [0.25, 0.3) is 11.1 Å². The first-order chi connectivity index (χ1) is 10.2. The van der Waals surface area contributed by atoms with Gasteiger partial charge in [-0.3, -0.25) is 0 Å². The maximum Gasteiger partial charge on any atom is 0.342 e. The van der Waals surface area contributed by atoms with Crippen molar-refractivity contribution in [3.8, 4) is 11.1 Å². The Morgan fingerprint density at radius 2 is 1.67 bits per heavy atom. The molecular weight excluding hydrogens is 309 g/mol. The molecule has 0 aromatic heterocycles. The first kappa shape index (κ1) is 14.3. The van der Waals surface area contributed by atoms with E-state index >= 15 is 0 Å². The van der Waals surface area contributed by atoms with E-state index in [0.29, 0.717) is 15.6 Å². The lowest BCUT2D eigenvalue weighted by molar-refractivity contribution is -0.170. The molecule has 1 heterocycles. The van der Waals surface area contributed by atoms with Crippen molar-refractivity contribution in [3.05, 3.63) is 70.6 Å². The monoisotopic (exact) mass is 321 g/mol. The summed E-state index contributed by atoms with van der Waals surface area (Å²) >= 11 is 12.6. The minimum Gasteiger partial charge on any atom is -0.441 e. The van der Waals surface area contributed by atoms with Crippen molar-refractivity contribution in [2.45, 2.75) is 5.91 Å². The maximum atomic E-state index is 6.41. The highest BCUT2D eigenvalue weighted by Gasteiger charge is 2.38. The summed E-state index contributed by atoms with van der Waals surface area (Å²) in [4.78, 5) is 0. The number of rotatable bonds is 3. The van der Waals surface area contributed by atoms with Crippen LogP contribution in [-0.2, 0) is 15.4 Å². The van der Waals surface area contributed by atoms with E-state index in [9.17, 15) is 0 Å².